The molecule has 3 rings (SSSR count). The Morgan fingerprint density at radius 1 is 1.33 bits per heavy atom. The highest BCUT2D eigenvalue weighted by Gasteiger charge is 2.28. The van der Waals surface area contributed by atoms with Crippen LogP contribution < -0.4 is 0 Å². The number of aromatic nitrogens is 1. The molecule has 0 unspecified atom stereocenters. The summed E-state index contributed by atoms with van der Waals surface area (Å²) < 4.78 is 12.8. The second-order valence-corrected chi connectivity index (χ2v) is 3.71. The molecule has 0 N–H and O–H groups in total. The van der Waals surface area contributed by atoms with E-state index in [9.17, 15) is 4.39 Å². The summed E-state index contributed by atoms with van der Waals surface area (Å²) in [6.45, 7) is 0. The van der Waals surface area contributed by atoms with Crippen LogP contribution >= 0.6 is 11.3 Å². The highest BCUT2D eigenvalue weighted by Crippen LogP contribution is 2.50. The predicted molar refractivity (Wildman–Crippen MR) is 46.5 cm³/mol. The number of nitrogens with zero attached hydrogens (tertiary/aromatic N) is 1. The Hall–Kier alpha value is -1.22. The molecule has 0 spiro atoms. The minimum Gasteiger partial charge on any atom is -0.231 e. The maximum atomic E-state index is 12.8. The monoisotopic (exact) mass is 177 g/mol. The average molecular weight is 177 g/mol. The van der Waals surface area contributed by atoms with Crippen LogP contribution in [0.4, 0.5) is 4.39 Å². The average Bonchev–Trinajstić information content (AvgIpc) is 2.61. The zero-order valence-corrected chi connectivity index (χ0v) is 6.86. The molecule has 3 heteroatoms. The first-order chi connectivity index (χ1) is 5.84. The summed E-state index contributed by atoms with van der Waals surface area (Å²) >= 11 is 1.63. The van der Waals surface area contributed by atoms with Crippen LogP contribution in [0.15, 0.2) is 24.3 Å². The van der Waals surface area contributed by atoms with Crippen molar-refractivity contribution in [1.82, 2.24) is 4.98 Å². The molecule has 0 bridgehead atoms. The molecule has 12 heavy (non-hydrogen) atoms. The molecule has 58 valence electrons. The fourth-order valence-corrected chi connectivity index (χ4v) is 2.08. The summed E-state index contributed by atoms with van der Waals surface area (Å²) in [5, 5.41) is 1.12. The summed E-state index contributed by atoms with van der Waals surface area (Å²) in [5.74, 6) is -0.185. The minimum atomic E-state index is -0.185. The third kappa shape index (κ3) is 0.741. The van der Waals surface area contributed by atoms with Gasteiger partial charge in [0.2, 0.25) is 0 Å². The SMILES string of the molecule is Fc1cccc(-c2sc3nc2-3)c1. The van der Waals surface area contributed by atoms with Crippen molar-refractivity contribution < 1.29 is 4.39 Å². The number of benzene rings is 1. The van der Waals surface area contributed by atoms with Crippen molar-refractivity contribution >= 4 is 11.3 Å². The predicted octanol–water partition coefficient (Wildman–Crippen LogP) is 2.93. The molecule has 0 saturated heterocycles. The lowest BCUT2D eigenvalue weighted by molar-refractivity contribution is 0.628. The van der Waals surface area contributed by atoms with Crippen LogP contribution in [0.3, 0.4) is 0 Å². The number of hydrogen-bond acceptors (Lipinski definition) is 2. The highest BCUT2D eigenvalue weighted by molar-refractivity contribution is 7.23. The Labute approximate surface area is 72.5 Å². The van der Waals surface area contributed by atoms with Gasteiger partial charge in [0.05, 0.1) is 4.88 Å². The van der Waals surface area contributed by atoms with Crippen LogP contribution in [0.25, 0.3) is 21.1 Å². The molecule has 2 aliphatic rings. The van der Waals surface area contributed by atoms with Gasteiger partial charge in [0.25, 0.3) is 0 Å². The molecular formula is C9H4FNS. The lowest BCUT2D eigenvalue weighted by Crippen LogP contribution is -1.78. The summed E-state index contributed by atoms with van der Waals surface area (Å²) in [7, 11) is 0. The van der Waals surface area contributed by atoms with Crippen molar-refractivity contribution in [3.8, 4) is 21.1 Å². The van der Waals surface area contributed by atoms with E-state index in [2.05, 4.69) is 4.98 Å². The van der Waals surface area contributed by atoms with Crippen LogP contribution in [0.1, 0.15) is 0 Å². The van der Waals surface area contributed by atoms with E-state index in [1.165, 1.54) is 6.07 Å². The van der Waals surface area contributed by atoms with Crippen molar-refractivity contribution in [3.05, 3.63) is 30.1 Å². The third-order valence-electron chi connectivity index (χ3n) is 1.87. The molecule has 2 heterocycles. The first-order valence-corrected chi connectivity index (χ1v) is 4.43. The van der Waals surface area contributed by atoms with Crippen LogP contribution in [0, 0.1) is 5.82 Å². The van der Waals surface area contributed by atoms with Gasteiger partial charge in [-0.05, 0) is 17.7 Å². The Morgan fingerprint density at radius 2 is 2.25 bits per heavy atom. The van der Waals surface area contributed by atoms with Gasteiger partial charge in [-0.3, -0.25) is 0 Å². The van der Waals surface area contributed by atoms with E-state index in [-0.39, 0.29) is 5.82 Å². The molecular weight excluding hydrogens is 173 g/mol. The molecule has 0 aliphatic carbocycles. The molecule has 1 aromatic rings. The van der Waals surface area contributed by atoms with E-state index in [1.54, 1.807) is 23.5 Å². The van der Waals surface area contributed by atoms with Gasteiger partial charge in [0.15, 0.2) is 0 Å². The molecule has 1 nitrogen and oxygen atoms in total. The van der Waals surface area contributed by atoms with E-state index in [0.29, 0.717) is 0 Å². The lowest BCUT2D eigenvalue weighted by Gasteiger charge is -2.00. The van der Waals surface area contributed by atoms with E-state index >= 15 is 0 Å². The van der Waals surface area contributed by atoms with E-state index in [4.69, 9.17) is 0 Å². The Balaban J connectivity index is 2.14. The minimum absolute atomic E-state index is 0.185. The van der Waals surface area contributed by atoms with Crippen molar-refractivity contribution in [2.45, 2.75) is 0 Å². The summed E-state index contributed by atoms with van der Waals surface area (Å²) in [5.41, 5.74) is 2.02. The van der Waals surface area contributed by atoms with Gasteiger partial charge >= 0.3 is 0 Å². The van der Waals surface area contributed by atoms with Crippen LogP contribution in [-0.4, -0.2) is 4.98 Å². The van der Waals surface area contributed by atoms with Crippen LogP contribution in [0.5, 0.6) is 0 Å². The van der Waals surface area contributed by atoms with E-state index < -0.39 is 0 Å². The topological polar surface area (TPSA) is 12.9 Å². The van der Waals surface area contributed by atoms with Gasteiger partial charge in [-0.25, -0.2) is 9.37 Å². The lowest BCUT2D eigenvalue weighted by atomic mass is 10.2. The maximum absolute atomic E-state index is 12.8. The van der Waals surface area contributed by atoms with Gasteiger partial charge in [-0.15, -0.1) is 11.3 Å². The summed E-state index contributed by atoms with van der Waals surface area (Å²) in [6, 6.07) is 6.62. The molecule has 0 atom stereocenters. The third-order valence-corrected chi connectivity index (χ3v) is 2.98. The van der Waals surface area contributed by atoms with Gasteiger partial charge < -0.3 is 0 Å². The Morgan fingerprint density at radius 3 is 2.83 bits per heavy atom. The van der Waals surface area contributed by atoms with Gasteiger partial charge in [0, 0.05) is 0 Å². The second-order valence-electron chi connectivity index (χ2n) is 2.71. The summed E-state index contributed by atoms with van der Waals surface area (Å²) in [4.78, 5) is 5.21. The zero-order chi connectivity index (χ0) is 8.13. The molecule has 0 aromatic heterocycles. The standard InChI is InChI=1S/C9H4FNS/c10-6-3-1-2-5(4-6)8-7-9(11-7)12-8/h1-4H. The van der Waals surface area contributed by atoms with Gasteiger partial charge in [0.1, 0.15) is 16.5 Å². The fourth-order valence-electron chi connectivity index (χ4n) is 1.22. The summed E-state index contributed by atoms with van der Waals surface area (Å²) in [6.07, 6.45) is 0. The van der Waals surface area contributed by atoms with E-state index in [0.717, 1.165) is 21.1 Å². The number of rotatable bonds is 1. The number of hydrogen-bond donors (Lipinski definition) is 0. The number of halogens is 1. The van der Waals surface area contributed by atoms with Crippen molar-refractivity contribution in [1.29, 1.82) is 0 Å². The van der Waals surface area contributed by atoms with Crippen LogP contribution in [0.2, 0.25) is 0 Å². The smallest absolute Gasteiger partial charge is 0.144 e. The van der Waals surface area contributed by atoms with Gasteiger partial charge in [-0.2, -0.15) is 0 Å². The van der Waals surface area contributed by atoms with Gasteiger partial charge in [-0.1, -0.05) is 12.1 Å². The fraction of sp³-hybridized carbons (Fsp3) is 0. The quantitative estimate of drug-likeness (QED) is 0.557. The van der Waals surface area contributed by atoms with Crippen LogP contribution in [-0.2, 0) is 0 Å². The maximum Gasteiger partial charge on any atom is 0.144 e. The molecule has 0 saturated carbocycles. The molecule has 0 fully saturated rings. The first-order valence-electron chi connectivity index (χ1n) is 3.62. The molecule has 1 aromatic carbocycles. The second kappa shape index (κ2) is 1.93. The Kier molecular flexibility index (Phi) is 1.01. The first kappa shape index (κ1) is 6.31. The Bertz CT molecular complexity index is 461. The highest BCUT2D eigenvalue weighted by atomic mass is 32.1. The van der Waals surface area contributed by atoms with Crippen molar-refractivity contribution in [3.63, 3.8) is 0 Å². The number of fused-ring (bicyclic) bond motifs is 1. The van der Waals surface area contributed by atoms with E-state index in [1.807, 2.05) is 6.07 Å². The van der Waals surface area contributed by atoms with Crippen molar-refractivity contribution in [2.24, 2.45) is 0 Å². The largest absolute Gasteiger partial charge is 0.231 e. The number of thiazole rings is 1. The van der Waals surface area contributed by atoms with Crippen molar-refractivity contribution in [2.75, 3.05) is 0 Å². The molecule has 0 amide bonds. The normalized spacial score (nSPS) is 11.8. The molecule has 2 aliphatic heterocycles. The zero-order valence-electron chi connectivity index (χ0n) is 6.04. The molecule has 0 radical (unpaired) electrons.